The van der Waals surface area contributed by atoms with E-state index in [0.29, 0.717) is 6.04 Å². The fourth-order valence-electron chi connectivity index (χ4n) is 2.16. The van der Waals surface area contributed by atoms with Crippen molar-refractivity contribution in [3.63, 3.8) is 0 Å². The number of hydrogen-bond donors (Lipinski definition) is 1. The zero-order chi connectivity index (χ0) is 13.4. The van der Waals surface area contributed by atoms with E-state index in [4.69, 9.17) is 0 Å². The van der Waals surface area contributed by atoms with Gasteiger partial charge in [0.25, 0.3) is 0 Å². The van der Waals surface area contributed by atoms with Crippen molar-refractivity contribution in [1.82, 2.24) is 10.2 Å². The third kappa shape index (κ3) is 4.75. The lowest BCUT2D eigenvalue weighted by Gasteiger charge is -2.22. The van der Waals surface area contributed by atoms with Crippen molar-refractivity contribution in [2.24, 2.45) is 0 Å². The lowest BCUT2D eigenvalue weighted by molar-refractivity contribution is 0.283. The van der Waals surface area contributed by atoms with Crippen molar-refractivity contribution < 1.29 is 4.39 Å². The van der Waals surface area contributed by atoms with Gasteiger partial charge in [-0.3, -0.25) is 0 Å². The second-order valence-corrected chi connectivity index (χ2v) is 4.60. The summed E-state index contributed by atoms with van der Waals surface area (Å²) >= 11 is 0. The summed E-state index contributed by atoms with van der Waals surface area (Å²) in [6.07, 6.45) is 1.80. The Morgan fingerprint density at radius 2 is 1.89 bits per heavy atom. The number of halogens is 1. The van der Waals surface area contributed by atoms with Gasteiger partial charge in [-0.25, -0.2) is 4.39 Å². The Hall–Kier alpha value is -0.930. The summed E-state index contributed by atoms with van der Waals surface area (Å²) in [5.41, 5.74) is 0.802. The predicted molar refractivity (Wildman–Crippen MR) is 75.4 cm³/mol. The van der Waals surface area contributed by atoms with E-state index in [9.17, 15) is 4.39 Å². The van der Waals surface area contributed by atoms with E-state index in [2.05, 4.69) is 24.1 Å². The standard InChI is InChI=1S/C15H25FN2/c1-4-18(5-2)11-10-14(17-3)12-13-8-6-7-9-15(13)16/h6-9,14,17H,4-5,10-12H2,1-3H3. The maximum atomic E-state index is 13.6. The minimum Gasteiger partial charge on any atom is -0.317 e. The molecular weight excluding hydrogens is 227 g/mol. The molecule has 1 N–H and O–H groups in total. The highest BCUT2D eigenvalue weighted by molar-refractivity contribution is 5.18. The Bertz CT molecular complexity index is 337. The average molecular weight is 252 g/mol. The molecule has 0 radical (unpaired) electrons. The van der Waals surface area contributed by atoms with Crippen LogP contribution in [0.4, 0.5) is 4.39 Å². The summed E-state index contributed by atoms with van der Waals surface area (Å²) in [4.78, 5) is 2.39. The third-order valence-electron chi connectivity index (χ3n) is 3.52. The van der Waals surface area contributed by atoms with Crippen LogP contribution in [0, 0.1) is 5.82 Å². The van der Waals surface area contributed by atoms with Gasteiger partial charge in [-0.2, -0.15) is 0 Å². The van der Waals surface area contributed by atoms with Crippen molar-refractivity contribution in [1.29, 1.82) is 0 Å². The molecular formula is C15H25FN2. The second kappa shape index (κ2) is 8.22. The van der Waals surface area contributed by atoms with Crippen LogP contribution in [0.15, 0.2) is 24.3 Å². The predicted octanol–water partition coefficient (Wildman–Crippen LogP) is 2.69. The summed E-state index contributed by atoms with van der Waals surface area (Å²) in [5.74, 6) is -0.0967. The van der Waals surface area contributed by atoms with E-state index in [-0.39, 0.29) is 5.82 Å². The van der Waals surface area contributed by atoms with Gasteiger partial charge in [0.15, 0.2) is 0 Å². The van der Waals surface area contributed by atoms with E-state index in [1.54, 1.807) is 6.07 Å². The molecule has 0 heterocycles. The number of nitrogens with one attached hydrogen (secondary N) is 1. The largest absolute Gasteiger partial charge is 0.317 e. The number of likely N-dealkylation sites (N-methyl/N-ethyl adjacent to an activating group) is 1. The van der Waals surface area contributed by atoms with Gasteiger partial charge in [0, 0.05) is 6.04 Å². The van der Waals surface area contributed by atoms with Crippen LogP contribution in [0.1, 0.15) is 25.8 Å². The molecule has 2 nitrogen and oxygen atoms in total. The van der Waals surface area contributed by atoms with Crippen molar-refractivity contribution >= 4 is 0 Å². The van der Waals surface area contributed by atoms with Crippen molar-refractivity contribution in [2.45, 2.75) is 32.7 Å². The van der Waals surface area contributed by atoms with Gasteiger partial charge < -0.3 is 10.2 Å². The molecule has 1 aromatic rings. The molecule has 0 saturated heterocycles. The highest BCUT2D eigenvalue weighted by Crippen LogP contribution is 2.11. The number of nitrogens with zero attached hydrogens (tertiary/aromatic N) is 1. The Morgan fingerprint density at radius 1 is 1.22 bits per heavy atom. The smallest absolute Gasteiger partial charge is 0.126 e. The minimum atomic E-state index is -0.0967. The van der Waals surface area contributed by atoms with E-state index >= 15 is 0 Å². The molecule has 0 bridgehead atoms. The van der Waals surface area contributed by atoms with Crippen LogP contribution in [0.25, 0.3) is 0 Å². The summed E-state index contributed by atoms with van der Waals surface area (Å²) in [6.45, 7) is 7.57. The molecule has 0 amide bonds. The van der Waals surface area contributed by atoms with Gasteiger partial charge in [0.1, 0.15) is 5.82 Å². The Labute approximate surface area is 110 Å². The summed E-state index contributed by atoms with van der Waals surface area (Å²) in [6, 6.07) is 7.38. The molecule has 102 valence electrons. The zero-order valence-electron chi connectivity index (χ0n) is 11.7. The molecule has 3 heteroatoms. The van der Waals surface area contributed by atoms with Gasteiger partial charge in [-0.1, -0.05) is 32.0 Å². The second-order valence-electron chi connectivity index (χ2n) is 4.60. The van der Waals surface area contributed by atoms with Crippen LogP contribution in [0.3, 0.4) is 0 Å². The maximum absolute atomic E-state index is 13.6. The van der Waals surface area contributed by atoms with E-state index in [0.717, 1.165) is 38.0 Å². The monoisotopic (exact) mass is 252 g/mol. The first-order valence-corrected chi connectivity index (χ1v) is 6.84. The molecule has 1 aromatic carbocycles. The van der Waals surface area contributed by atoms with Gasteiger partial charge in [-0.05, 0) is 51.2 Å². The molecule has 18 heavy (non-hydrogen) atoms. The Morgan fingerprint density at radius 3 is 2.44 bits per heavy atom. The Kier molecular flexibility index (Phi) is 6.91. The normalized spacial score (nSPS) is 12.9. The molecule has 0 aromatic heterocycles. The molecule has 0 aliphatic carbocycles. The maximum Gasteiger partial charge on any atom is 0.126 e. The highest BCUT2D eigenvalue weighted by Gasteiger charge is 2.11. The van der Waals surface area contributed by atoms with Crippen LogP contribution in [-0.2, 0) is 6.42 Å². The molecule has 0 saturated carbocycles. The molecule has 1 atom stereocenters. The molecule has 1 unspecified atom stereocenters. The molecule has 0 aliphatic heterocycles. The molecule has 0 fully saturated rings. The molecule has 0 aliphatic rings. The van der Waals surface area contributed by atoms with Crippen molar-refractivity contribution in [2.75, 3.05) is 26.7 Å². The lowest BCUT2D eigenvalue weighted by Crippen LogP contribution is -2.34. The van der Waals surface area contributed by atoms with E-state index in [1.165, 1.54) is 6.07 Å². The minimum absolute atomic E-state index is 0.0967. The topological polar surface area (TPSA) is 15.3 Å². The highest BCUT2D eigenvalue weighted by atomic mass is 19.1. The summed E-state index contributed by atoms with van der Waals surface area (Å²) < 4.78 is 13.6. The number of rotatable bonds is 8. The quantitative estimate of drug-likeness (QED) is 0.765. The zero-order valence-corrected chi connectivity index (χ0v) is 11.7. The van der Waals surface area contributed by atoms with Crippen LogP contribution in [-0.4, -0.2) is 37.6 Å². The Balaban J connectivity index is 2.49. The van der Waals surface area contributed by atoms with Crippen LogP contribution >= 0.6 is 0 Å². The van der Waals surface area contributed by atoms with Crippen molar-refractivity contribution in [3.05, 3.63) is 35.6 Å². The van der Waals surface area contributed by atoms with E-state index in [1.807, 2.05) is 19.2 Å². The van der Waals surface area contributed by atoms with Gasteiger partial charge in [0.05, 0.1) is 0 Å². The van der Waals surface area contributed by atoms with Crippen LogP contribution in [0.2, 0.25) is 0 Å². The summed E-state index contributed by atoms with van der Waals surface area (Å²) in [7, 11) is 1.95. The van der Waals surface area contributed by atoms with Gasteiger partial charge in [-0.15, -0.1) is 0 Å². The van der Waals surface area contributed by atoms with Crippen LogP contribution < -0.4 is 5.32 Å². The van der Waals surface area contributed by atoms with Gasteiger partial charge in [0.2, 0.25) is 0 Å². The number of benzene rings is 1. The third-order valence-corrected chi connectivity index (χ3v) is 3.52. The first-order valence-electron chi connectivity index (χ1n) is 6.84. The fraction of sp³-hybridized carbons (Fsp3) is 0.600. The molecule has 1 rings (SSSR count). The average Bonchev–Trinajstić information content (AvgIpc) is 2.40. The van der Waals surface area contributed by atoms with Gasteiger partial charge >= 0.3 is 0 Å². The molecule has 0 spiro atoms. The SMILES string of the molecule is CCN(CC)CCC(Cc1ccccc1F)NC. The number of hydrogen-bond acceptors (Lipinski definition) is 2. The van der Waals surface area contributed by atoms with Crippen molar-refractivity contribution in [3.8, 4) is 0 Å². The first-order chi connectivity index (χ1) is 8.71. The lowest BCUT2D eigenvalue weighted by atomic mass is 10.0. The fourth-order valence-corrected chi connectivity index (χ4v) is 2.16. The van der Waals surface area contributed by atoms with E-state index < -0.39 is 0 Å². The summed E-state index contributed by atoms with van der Waals surface area (Å²) in [5, 5.41) is 3.29. The van der Waals surface area contributed by atoms with Crippen LogP contribution in [0.5, 0.6) is 0 Å². The first kappa shape index (κ1) is 15.1.